The number of methoxy groups -OCH3 is 1. The largest absolute Gasteiger partial charge is 0.490 e. The fraction of sp³-hybridized carbons (Fsp3) is 0.435. The summed E-state index contributed by atoms with van der Waals surface area (Å²) in [6, 6.07) is 4.72. The smallest absolute Gasteiger partial charge is 0.257 e. The molecule has 10 heteroatoms. The lowest BCUT2D eigenvalue weighted by Crippen LogP contribution is -2.51. The number of fused-ring (bicyclic) bond motifs is 3. The summed E-state index contributed by atoms with van der Waals surface area (Å²) >= 11 is 0. The molecule has 3 aromatic rings. The van der Waals surface area contributed by atoms with E-state index in [1.54, 1.807) is 30.8 Å². The van der Waals surface area contributed by atoms with Crippen molar-refractivity contribution in [1.29, 1.82) is 0 Å². The predicted molar refractivity (Wildman–Crippen MR) is 120 cm³/mol. The van der Waals surface area contributed by atoms with Crippen molar-refractivity contribution in [1.82, 2.24) is 19.9 Å². The maximum absolute atomic E-state index is 14.4. The number of amides is 1. The summed E-state index contributed by atoms with van der Waals surface area (Å²) in [6.45, 7) is 0.575. The van der Waals surface area contributed by atoms with Gasteiger partial charge in [0.05, 0.1) is 30.6 Å². The fourth-order valence-electron chi connectivity index (χ4n) is 4.75. The second-order valence-electron chi connectivity index (χ2n) is 9.03. The molecule has 33 heavy (non-hydrogen) atoms. The molecule has 1 spiro atoms. The Hall–Kier alpha value is -3.40. The summed E-state index contributed by atoms with van der Waals surface area (Å²) in [5.41, 5.74) is 2.14. The average Bonchev–Trinajstić information content (AvgIpc) is 3.31. The summed E-state index contributed by atoms with van der Waals surface area (Å²) in [5.74, 6) is 1.18. The molecular formula is C23H25FN6O3. The van der Waals surface area contributed by atoms with E-state index >= 15 is 0 Å². The zero-order valence-electron chi connectivity index (χ0n) is 18.4. The van der Waals surface area contributed by atoms with Gasteiger partial charge in [0.2, 0.25) is 0 Å². The van der Waals surface area contributed by atoms with E-state index in [0.29, 0.717) is 40.9 Å². The van der Waals surface area contributed by atoms with Crippen LogP contribution in [0.25, 0.3) is 5.65 Å². The van der Waals surface area contributed by atoms with Crippen molar-refractivity contribution in [2.24, 2.45) is 0 Å². The van der Waals surface area contributed by atoms with Crippen molar-refractivity contribution in [2.75, 3.05) is 31.4 Å². The van der Waals surface area contributed by atoms with Crippen LogP contribution in [0.4, 0.5) is 21.7 Å². The number of nitrogens with one attached hydrogen (secondary N) is 3. The van der Waals surface area contributed by atoms with Gasteiger partial charge in [-0.2, -0.15) is 9.61 Å². The van der Waals surface area contributed by atoms with Crippen molar-refractivity contribution in [3.8, 4) is 5.75 Å². The van der Waals surface area contributed by atoms with Gasteiger partial charge in [0, 0.05) is 37.3 Å². The quantitative estimate of drug-likeness (QED) is 0.529. The summed E-state index contributed by atoms with van der Waals surface area (Å²) in [6.07, 6.45) is 5.35. The first-order valence-electron chi connectivity index (χ1n) is 11.2. The van der Waals surface area contributed by atoms with E-state index in [1.807, 2.05) is 0 Å². The van der Waals surface area contributed by atoms with Gasteiger partial charge < -0.3 is 25.4 Å². The molecule has 2 atom stereocenters. The second-order valence-corrected chi connectivity index (χ2v) is 9.03. The van der Waals surface area contributed by atoms with Crippen LogP contribution in [0.2, 0.25) is 0 Å². The summed E-state index contributed by atoms with van der Waals surface area (Å²) in [7, 11) is 3.41. The highest BCUT2D eigenvalue weighted by molar-refractivity contribution is 6.00. The van der Waals surface area contributed by atoms with E-state index in [1.165, 1.54) is 12.3 Å². The molecule has 1 aliphatic heterocycles. The topological polar surface area (TPSA) is 102 Å². The molecule has 2 aliphatic carbocycles. The first kappa shape index (κ1) is 20.2. The fourth-order valence-corrected chi connectivity index (χ4v) is 4.75. The number of carbonyl (C=O) groups is 1. The third-order valence-electron chi connectivity index (χ3n) is 7.04. The van der Waals surface area contributed by atoms with Crippen LogP contribution in [-0.2, 0) is 10.2 Å². The van der Waals surface area contributed by atoms with Crippen LogP contribution in [0.5, 0.6) is 5.75 Å². The van der Waals surface area contributed by atoms with Gasteiger partial charge in [0.25, 0.3) is 5.91 Å². The molecule has 0 radical (unpaired) electrons. The maximum Gasteiger partial charge on any atom is 0.257 e. The number of anilines is 3. The van der Waals surface area contributed by atoms with Gasteiger partial charge in [0.1, 0.15) is 28.8 Å². The molecule has 6 rings (SSSR count). The van der Waals surface area contributed by atoms with Gasteiger partial charge in [-0.1, -0.05) is 0 Å². The number of nitrogens with zero attached hydrogens (tertiary/aromatic N) is 3. The highest BCUT2D eigenvalue weighted by Crippen LogP contribution is 2.57. The van der Waals surface area contributed by atoms with Gasteiger partial charge in [-0.3, -0.25) is 4.79 Å². The molecule has 9 nitrogen and oxygen atoms in total. The van der Waals surface area contributed by atoms with E-state index in [-0.39, 0.29) is 29.3 Å². The lowest BCUT2D eigenvalue weighted by Gasteiger charge is -2.35. The monoisotopic (exact) mass is 452 g/mol. The van der Waals surface area contributed by atoms with Crippen LogP contribution in [0, 0.1) is 5.82 Å². The van der Waals surface area contributed by atoms with Gasteiger partial charge >= 0.3 is 0 Å². The molecule has 3 aliphatic rings. The number of hydrogen-bond donors (Lipinski definition) is 3. The average molecular weight is 452 g/mol. The van der Waals surface area contributed by atoms with E-state index in [4.69, 9.17) is 9.47 Å². The molecule has 0 saturated heterocycles. The van der Waals surface area contributed by atoms with E-state index in [2.05, 4.69) is 26.0 Å². The number of benzene rings is 1. The number of rotatable bonds is 6. The third kappa shape index (κ3) is 3.19. The highest BCUT2D eigenvalue weighted by atomic mass is 19.1. The Kier molecular flexibility index (Phi) is 4.48. The Bertz CT molecular complexity index is 1270. The molecule has 2 aromatic heterocycles. The van der Waals surface area contributed by atoms with E-state index in [9.17, 15) is 9.18 Å². The molecule has 3 heterocycles. The predicted octanol–water partition coefficient (Wildman–Crippen LogP) is 2.98. The Balaban J connectivity index is 1.35. The maximum atomic E-state index is 14.4. The Morgan fingerprint density at radius 2 is 2.15 bits per heavy atom. The molecular weight excluding hydrogens is 427 g/mol. The number of hydrogen-bond acceptors (Lipinski definition) is 7. The van der Waals surface area contributed by atoms with Crippen LogP contribution >= 0.6 is 0 Å². The summed E-state index contributed by atoms with van der Waals surface area (Å²) < 4.78 is 27.3. The van der Waals surface area contributed by atoms with Crippen LogP contribution in [-0.4, -0.2) is 53.4 Å². The number of ether oxygens (including phenoxy) is 2. The lowest BCUT2D eigenvalue weighted by atomic mass is 9.89. The molecule has 2 fully saturated rings. The minimum atomic E-state index is -0.319. The van der Waals surface area contributed by atoms with Crippen molar-refractivity contribution < 1.29 is 18.7 Å². The molecule has 2 saturated carbocycles. The van der Waals surface area contributed by atoms with E-state index in [0.717, 1.165) is 31.2 Å². The highest BCUT2D eigenvalue weighted by Gasteiger charge is 2.51. The number of carbonyl (C=O) groups excluding carboxylic acids is 1. The van der Waals surface area contributed by atoms with Gasteiger partial charge in [-0.05, 0) is 31.7 Å². The second kappa shape index (κ2) is 7.31. The first-order valence-corrected chi connectivity index (χ1v) is 11.2. The molecule has 172 valence electrons. The SMILES string of the molecule is CNc1cc(Nc2cc(F)cc3c2OCC32CC2)nc2c(C(=O)N[C@@H]3CC[C@H]3OC)cnn12. The zero-order chi connectivity index (χ0) is 22.7. The lowest BCUT2D eigenvalue weighted by molar-refractivity contribution is 0.00732. The molecule has 0 unspecified atom stereocenters. The standard InChI is InChI=1S/C23H25FN6O3/c1-25-19-9-18(27-16-8-12(24)7-14-20(16)33-11-23(14)5-6-23)29-21-13(10-26-30(19)21)22(31)28-15-3-4-17(15)32-2/h7-10,15,17,25H,3-6,11H2,1-2H3,(H,27,29)(H,28,31)/t15-,17-/m1/s1. The van der Waals surface area contributed by atoms with Crippen molar-refractivity contribution in [3.05, 3.63) is 41.3 Å². The molecule has 3 N–H and O–H groups in total. The minimum Gasteiger partial charge on any atom is -0.490 e. The number of aromatic nitrogens is 3. The first-order chi connectivity index (χ1) is 16.0. The van der Waals surface area contributed by atoms with Gasteiger partial charge in [-0.15, -0.1) is 0 Å². The van der Waals surface area contributed by atoms with E-state index < -0.39 is 0 Å². The van der Waals surface area contributed by atoms with Crippen LogP contribution < -0.4 is 20.7 Å². The van der Waals surface area contributed by atoms with Crippen LogP contribution in [0.3, 0.4) is 0 Å². The van der Waals surface area contributed by atoms with Crippen LogP contribution in [0.1, 0.15) is 41.6 Å². The molecule has 1 aromatic carbocycles. The Labute approximate surface area is 189 Å². The minimum absolute atomic E-state index is 0.0238. The Morgan fingerprint density at radius 1 is 1.30 bits per heavy atom. The van der Waals surface area contributed by atoms with Crippen molar-refractivity contribution in [2.45, 2.75) is 43.2 Å². The van der Waals surface area contributed by atoms with Crippen molar-refractivity contribution >= 4 is 28.9 Å². The Morgan fingerprint density at radius 3 is 2.85 bits per heavy atom. The van der Waals surface area contributed by atoms with Gasteiger partial charge in [-0.25, -0.2) is 9.37 Å². The normalized spacial score (nSPS) is 21.9. The van der Waals surface area contributed by atoms with Crippen LogP contribution in [0.15, 0.2) is 24.4 Å². The zero-order valence-corrected chi connectivity index (χ0v) is 18.4. The summed E-state index contributed by atoms with van der Waals surface area (Å²) in [5, 5.41) is 13.6. The molecule has 0 bridgehead atoms. The number of halogens is 1. The summed E-state index contributed by atoms with van der Waals surface area (Å²) in [4.78, 5) is 17.6. The van der Waals surface area contributed by atoms with Gasteiger partial charge in [0.15, 0.2) is 5.65 Å². The third-order valence-corrected chi connectivity index (χ3v) is 7.04. The molecule has 1 amide bonds. The van der Waals surface area contributed by atoms with Crippen molar-refractivity contribution in [3.63, 3.8) is 0 Å².